The third-order valence-corrected chi connectivity index (χ3v) is 4.28. The van der Waals surface area contributed by atoms with E-state index < -0.39 is 0 Å². The lowest BCUT2D eigenvalue weighted by Gasteiger charge is -2.19. The molecule has 0 saturated carbocycles. The number of benzene rings is 1. The molecule has 0 radical (unpaired) electrons. The summed E-state index contributed by atoms with van der Waals surface area (Å²) in [6.45, 7) is 2.60. The molecule has 1 atom stereocenters. The average Bonchev–Trinajstić information content (AvgIpc) is 3.21. The molecule has 0 unspecified atom stereocenters. The number of imidazole rings is 1. The van der Waals surface area contributed by atoms with E-state index in [9.17, 15) is 4.79 Å². The first-order valence-electron chi connectivity index (χ1n) is 7.90. The molecule has 1 amide bonds. The van der Waals surface area contributed by atoms with Gasteiger partial charge in [0, 0.05) is 43.9 Å². The summed E-state index contributed by atoms with van der Waals surface area (Å²) in [4.78, 5) is 21.8. The van der Waals surface area contributed by atoms with E-state index in [4.69, 9.17) is 11.6 Å². The molecular weight excluding hydrogens is 326 g/mol. The summed E-state index contributed by atoms with van der Waals surface area (Å²) in [5.41, 5.74) is 1.80. The van der Waals surface area contributed by atoms with E-state index in [0.29, 0.717) is 24.4 Å². The maximum atomic E-state index is 12.3. The molecule has 0 aliphatic heterocycles. The van der Waals surface area contributed by atoms with Crippen molar-refractivity contribution in [1.29, 1.82) is 0 Å². The van der Waals surface area contributed by atoms with Crippen molar-refractivity contribution in [3.8, 4) is 0 Å². The summed E-state index contributed by atoms with van der Waals surface area (Å²) in [5.74, 6) is 0.948. The van der Waals surface area contributed by atoms with Crippen LogP contribution in [-0.4, -0.2) is 44.1 Å². The normalized spacial score (nSPS) is 12.5. The molecule has 2 aromatic heterocycles. The lowest BCUT2D eigenvalue weighted by molar-refractivity contribution is -0.130. The van der Waals surface area contributed by atoms with Crippen LogP contribution in [0.15, 0.2) is 36.7 Å². The molecule has 2 heterocycles. The van der Waals surface area contributed by atoms with Crippen molar-refractivity contribution in [2.75, 3.05) is 13.6 Å². The third-order valence-electron chi connectivity index (χ3n) is 4.05. The molecular formula is C17H20ClN5O. The number of carbonyl (C=O) groups excluding carboxylic acids is 1. The predicted octanol–water partition coefficient (Wildman–Crippen LogP) is 3.07. The highest BCUT2D eigenvalue weighted by atomic mass is 35.5. The first kappa shape index (κ1) is 16.5. The Hall–Kier alpha value is -2.34. The number of rotatable bonds is 6. The van der Waals surface area contributed by atoms with Crippen molar-refractivity contribution in [2.24, 2.45) is 0 Å². The zero-order chi connectivity index (χ0) is 17.1. The van der Waals surface area contributed by atoms with E-state index in [2.05, 4.69) is 15.1 Å². The topological polar surface area (TPSA) is 66.8 Å². The molecule has 7 heteroatoms. The molecule has 1 N–H and O–H groups in total. The van der Waals surface area contributed by atoms with Crippen molar-refractivity contribution in [1.82, 2.24) is 24.6 Å². The minimum Gasteiger partial charge on any atom is -0.345 e. The lowest BCUT2D eigenvalue weighted by Crippen LogP contribution is -2.30. The molecule has 126 valence electrons. The molecule has 6 nitrogen and oxygen atoms in total. The van der Waals surface area contributed by atoms with Crippen LogP contribution >= 0.6 is 11.6 Å². The second-order valence-corrected chi connectivity index (χ2v) is 6.39. The Balaban J connectivity index is 1.55. The van der Waals surface area contributed by atoms with Gasteiger partial charge < -0.3 is 9.88 Å². The molecule has 0 spiro atoms. The van der Waals surface area contributed by atoms with Crippen molar-refractivity contribution in [2.45, 2.75) is 25.8 Å². The van der Waals surface area contributed by atoms with Gasteiger partial charge in [0.1, 0.15) is 5.82 Å². The first-order valence-corrected chi connectivity index (χ1v) is 8.28. The fourth-order valence-electron chi connectivity index (χ4n) is 2.59. The lowest BCUT2D eigenvalue weighted by atomic mass is 10.2. The third kappa shape index (κ3) is 3.76. The van der Waals surface area contributed by atoms with E-state index in [-0.39, 0.29) is 11.9 Å². The number of carbonyl (C=O) groups is 1. The van der Waals surface area contributed by atoms with Crippen LogP contribution in [0.1, 0.15) is 25.2 Å². The molecule has 0 aliphatic rings. The minimum atomic E-state index is 0.0447. The molecule has 0 fully saturated rings. The smallest absolute Gasteiger partial charge is 0.224 e. The fourth-order valence-corrected chi connectivity index (χ4v) is 2.77. The summed E-state index contributed by atoms with van der Waals surface area (Å²) in [6, 6.07) is 7.47. The summed E-state index contributed by atoms with van der Waals surface area (Å²) in [5, 5.41) is 4.85. The van der Waals surface area contributed by atoms with Crippen LogP contribution < -0.4 is 0 Å². The van der Waals surface area contributed by atoms with Gasteiger partial charge in [-0.05, 0) is 31.2 Å². The van der Waals surface area contributed by atoms with Crippen LogP contribution in [0.3, 0.4) is 0 Å². The van der Waals surface area contributed by atoms with Crippen molar-refractivity contribution in [3.05, 3.63) is 47.5 Å². The van der Waals surface area contributed by atoms with Gasteiger partial charge in [0.05, 0.1) is 17.1 Å². The Morgan fingerprint density at radius 2 is 2.29 bits per heavy atom. The highest BCUT2D eigenvalue weighted by Gasteiger charge is 2.15. The average molecular weight is 346 g/mol. The van der Waals surface area contributed by atoms with Gasteiger partial charge in [-0.1, -0.05) is 11.6 Å². The van der Waals surface area contributed by atoms with E-state index in [1.165, 1.54) is 0 Å². The highest BCUT2D eigenvalue weighted by molar-refractivity contribution is 6.31. The molecule has 3 rings (SSSR count). The Morgan fingerprint density at radius 3 is 3.04 bits per heavy atom. The summed E-state index contributed by atoms with van der Waals surface area (Å²) in [6.07, 6.45) is 4.69. The minimum absolute atomic E-state index is 0.0447. The number of halogens is 1. The van der Waals surface area contributed by atoms with Crippen LogP contribution in [0.5, 0.6) is 0 Å². The fraction of sp³-hybridized carbons (Fsp3) is 0.353. The molecule has 0 bridgehead atoms. The van der Waals surface area contributed by atoms with Crippen LogP contribution in [0, 0.1) is 0 Å². The van der Waals surface area contributed by atoms with Gasteiger partial charge >= 0.3 is 0 Å². The van der Waals surface area contributed by atoms with Gasteiger partial charge in [0.2, 0.25) is 5.91 Å². The maximum absolute atomic E-state index is 12.3. The predicted molar refractivity (Wildman–Crippen MR) is 94.0 cm³/mol. The summed E-state index contributed by atoms with van der Waals surface area (Å²) >= 11 is 5.98. The second-order valence-electron chi connectivity index (χ2n) is 5.95. The van der Waals surface area contributed by atoms with Crippen molar-refractivity contribution >= 4 is 28.5 Å². The van der Waals surface area contributed by atoms with Gasteiger partial charge in [-0.25, -0.2) is 4.98 Å². The van der Waals surface area contributed by atoms with Gasteiger partial charge in [0.25, 0.3) is 0 Å². The SMILES string of the molecule is C[C@@H](CC(=O)N(C)CCc1nc2ccc(Cl)cc2[nH]1)n1cccn1. The van der Waals surface area contributed by atoms with Gasteiger partial charge in [-0.3, -0.25) is 9.48 Å². The molecule has 3 aromatic rings. The monoisotopic (exact) mass is 345 g/mol. The standard InChI is InChI=1S/C17H20ClN5O/c1-12(23-8-3-7-19-23)10-17(24)22(2)9-6-16-20-14-5-4-13(18)11-15(14)21-16/h3-5,7-8,11-12H,6,9-10H2,1-2H3,(H,20,21)/t12-/m0/s1. The molecule has 0 aliphatic carbocycles. The largest absolute Gasteiger partial charge is 0.345 e. The number of H-pyrrole nitrogens is 1. The van der Waals surface area contributed by atoms with E-state index >= 15 is 0 Å². The van der Waals surface area contributed by atoms with E-state index in [0.717, 1.165) is 16.9 Å². The number of hydrogen-bond acceptors (Lipinski definition) is 3. The molecule has 0 saturated heterocycles. The summed E-state index contributed by atoms with van der Waals surface area (Å²) < 4.78 is 1.80. The van der Waals surface area contributed by atoms with Crippen LogP contribution in [-0.2, 0) is 11.2 Å². The summed E-state index contributed by atoms with van der Waals surface area (Å²) in [7, 11) is 1.82. The van der Waals surface area contributed by atoms with E-state index in [1.807, 2.05) is 44.4 Å². The Bertz CT molecular complexity index is 827. The Kier molecular flexibility index (Phi) is 4.85. The number of fused-ring (bicyclic) bond motifs is 1. The van der Waals surface area contributed by atoms with Gasteiger partial charge in [-0.15, -0.1) is 0 Å². The first-order chi connectivity index (χ1) is 11.5. The van der Waals surface area contributed by atoms with Crippen LogP contribution in [0.2, 0.25) is 5.02 Å². The number of aromatic nitrogens is 4. The van der Waals surface area contributed by atoms with Crippen molar-refractivity contribution in [3.63, 3.8) is 0 Å². The maximum Gasteiger partial charge on any atom is 0.224 e. The molecule has 24 heavy (non-hydrogen) atoms. The quantitative estimate of drug-likeness (QED) is 0.746. The van der Waals surface area contributed by atoms with Gasteiger partial charge in [-0.2, -0.15) is 5.10 Å². The van der Waals surface area contributed by atoms with Crippen LogP contribution in [0.25, 0.3) is 11.0 Å². The van der Waals surface area contributed by atoms with E-state index in [1.54, 1.807) is 15.8 Å². The number of likely N-dealkylation sites (N-methyl/N-ethyl adjacent to an activating group) is 1. The highest BCUT2D eigenvalue weighted by Crippen LogP contribution is 2.17. The number of nitrogens with one attached hydrogen (secondary N) is 1. The van der Waals surface area contributed by atoms with Crippen LogP contribution in [0.4, 0.5) is 0 Å². The number of amides is 1. The Morgan fingerprint density at radius 1 is 1.46 bits per heavy atom. The zero-order valence-electron chi connectivity index (χ0n) is 13.7. The zero-order valence-corrected chi connectivity index (χ0v) is 14.5. The van der Waals surface area contributed by atoms with Gasteiger partial charge in [0.15, 0.2) is 0 Å². The van der Waals surface area contributed by atoms with Crippen molar-refractivity contribution < 1.29 is 4.79 Å². The molecule has 1 aromatic carbocycles. The number of nitrogens with zero attached hydrogens (tertiary/aromatic N) is 4. The second kappa shape index (κ2) is 7.05. The number of aromatic amines is 1. The number of hydrogen-bond donors (Lipinski definition) is 1. The Labute approximate surface area is 145 Å².